The first-order valence-corrected chi connectivity index (χ1v) is 12.9. The SMILES string of the molecule is CN1CCN(CCNC(=O)c2ccnc(-n3ncc4cc(Nc5ccccc5)ccc43)c2)CC1.O=C(O)C(F)(F)F. The van der Waals surface area contributed by atoms with E-state index in [0.29, 0.717) is 17.9 Å². The molecule has 0 atom stereocenters. The van der Waals surface area contributed by atoms with Crippen LogP contribution >= 0.6 is 0 Å². The normalized spacial score (nSPS) is 14.2. The van der Waals surface area contributed by atoms with Crippen LogP contribution in [0.1, 0.15) is 10.4 Å². The van der Waals surface area contributed by atoms with E-state index in [1.807, 2.05) is 48.7 Å². The van der Waals surface area contributed by atoms with Gasteiger partial charge in [-0.15, -0.1) is 0 Å². The lowest BCUT2D eigenvalue weighted by Gasteiger charge is -2.32. The molecule has 0 spiro atoms. The van der Waals surface area contributed by atoms with Gasteiger partial charge in [-0.05, 0) is 49.5 Å². The lowest BCUT2D eigenvalue weighted by atomic mass is 10.2. The Kier molecular flexibility index (Phi) is 9.53. The average molecular weight is 570 g/mol. The van der Waals surface area contributed by atoms with E-state index in [4.69, 9.17) is 9.90 Å². The zero-order valence-corrected chi connectivity index (χ0v) is 22.3. The number of pyridine rings is 1. The highest BCUT2D eigenvalue weighted by Crippen LogP contribution is 2.24. The Morgan fingerprint density at radius 2 is 1.68 bits per heavy atom. The third-order valence-corrected chi connectivity index (χ3v) is 6.41. The number of carbonyl (C=O) groups is 2. The number of aliphatic carboxylic acids is 1. The van der Waals surface area contributed by atoms with Gasteiger partial charge < -0.3 is 20.6 Å². The Morgan fingerprint density at radius 3 is 2.37 bits per heavy atom. The maximum atomic E-state index is 12.7. The largest absolute Gasteiger partial charge is 0.490 e. The molecule has 1 aliphatic heterocycles. The number of halogens is 3. The number of hydrogen-bond acceptors (Lipinski definition) is 7. The number of likely N-dealkylation sites (N-methyl/N-ethyl adjacent to an activating group) is 1. The van der Waals surface area contributed by atoms with Gasteiger partial charge in [0.1, 0.15) is 0 Å². The summed E-state index contributed by atoms with van der Waals surface area (Å²) in [5, 5.41) is 19.1. The Labute approximate surface area is 234 Å². The molecule has 1 fully saturated rings. The van der Waals surface area contributed by atoms with Gasteiger partial charge in [0.05, 0.1) is 11.7 Å². The van der Waals surface area contributed by atoms with Gasteiger partial charge in [-0.2, -0.15) is 18.3 Å². The van der Waals surface area contributed by atoms with Crippen LogP contribution in [0.3, 0.4) is 0 Å². The van der Waals surface area contributed by atoms with Crippen LogP contribution in [0.15, 0.2) is 73.1 Å². The predicted molar refractivity (Wildman–Crippen MR) is 149 cm³/mol. The molecule has 0 radical (unpaired) electrons. The number of carbonyl (C=O) groups excluding carboxylic acids is 1. The summed E-state index contributed by atoms with van der Waals surface area (Å²) in [5.41, 5.74) is 3.52. The molecule has 1 amide bonds. The fourth-order valence-electron chi connectivity index (χ4n) is 4.16. The summed E-state index contributed by atoms with van der Waals surface area (Å²) in [5.74, 6) is -2.23. The van der Waals surface area contributed by atoms with E-state index in [2.05, 4.69) is 43.6 Å². The minimum absolute atomic E-state index is 0.0939. The van der Waals surface area contributed by atoms with Crippen molar-refractivity contribution in [2.75, 3.05) is 51.6 Å². The molecule has 2 aromatic carbocycles. The Bertz CT molecular complexity index is 1470. The quantitative estimate of drug-likeness (QED) is 0.308. The van der Waals surface area contributed by atoms with Crippen molar-refractivity contribution in [1.82, 2.24) is 29.9 Å². The first kappa shape index (κ1) is 29.5. The molecule has 3 N–H and O–H groups in total. The van der Waals surface area contributed by atoms with Crippen LogP contribution in [-0.4, -0.2) is 94.0 Å². The van der Waals surface area contributed by atoms with E-state index in [1.54, 1.807) is 23.0 Å². The second-order valence-corrected chi connectivity index (χ2v) is 9.43. The number of carboxylic acid groups (broad SMARTS) is 1. The summed E-state index contributed by atoms with van der Waals surface area (Å²) in [4.78, 5) is 30.8. The van der Waals surface area contributed by atoms with Crippen molar-refractivity contribution in [2.45, 2.75) is 6.18 Å². The molecular weight excluding hydrogens is 539 g/mol. The van der Waals surface area contributed by atoms with Crippen LogP contribution in [-0.2, 0) is 4.79 Å². The van der Waals surface area contributed by atoms with E-state index in [9.17, 15) is 18.0 Å². The number of fused-ring (bicyclic) bond motifs is 1. The monoisotopic (exact) mass is 569 g/mol. The minimum atomic E-state index is -5.08. The van der Waals surface area contributed by atoms with Crippen LogP contribution < -0.4 is 10.6 Å². The van der Waals surface area contributed by atoms with E-state index in [-0.39, 0.29) is 5.91 Å². The summed E-state index contributed by atoms with van der Waals surface area (Å²) in [7, 11) is 2.14. The zero-order chi connectivity index (χ0) is 29.4. The highest BCUT2D eigenvalue weighted by atomic mass is 19.4. The molecular formula is C28H30F3N7O3. The minimum Gasteiger partial charge on any atom is -0.475 e. The molecule has 2 aromatic heterocycles. The molecule has 0 unspecified atom stereocenters. The molecule has 41 heavy (non-hydrogen) atoms. The van der Waals surface area contributed by atoms with Gasteiger partial charge in [0.2, 0.25) is 0 Å². The summed E-state index contributed by atoms with van der Waals surface area (Å²) in [6.45, 7) is 5.72. The lowest BCUT2D eigenvalue weighted by molar-refractivity contribution is -0.192. The molecule has 4 aromatic rings. The number of alkyl halides is 3. The molecule has 0 bridgehead atoms. The number of rotatable bonds is 7. The number of anilines is 2. The number of para-hydroxylation sites is 1. The van der Waals surface area contributed by atoms with Crippen LogP contribution in [0.5, 0.6) is 0 Å². The van der Waals surface area contributed by atoms with Crippen LogP contribution in [0, 0.1) is 0 Å². The van der Waals surface area contributed by atoms with E-state index >= 15 is 0 Å². The van der Waals surface area contributed by atoms with Crippen molar-refractivity contribution < 1.29 is 27.9 Å². The van der Waals surface area contributed by atoms with E-state index < -0.39 is 12.1 Å². The first-order valence-electron chi connectivity index (χ1n) is 12.9. The Balaban J connectivity index is 0.000000493. The van der Waals surface area contributed by atoms with Gasteiger partial charge in [-0.25, -0.2) is 14.5 Å². The number of benzene rings is 2. The second kappa shape index (κ2) is 13.2. The molecule has 3 heterocycles. The van der Waals surface area contributed by atoms with Crippen LogP contribution in [0.25, 0.3) is 16.7 Å². The second-order valence-electron chi connectivity index (χ2n) is 9.43. The molecule has 10 nitrogen and oxygen atoms in total. The Hall–Kier alpha value is -4.49. The van der Waals surface area contributed by atoms with Crippen molar-refractivity contribution in [2.24, 2.45) is 0 Å². The van der Waals surface area contributed by atoms with Gasteiger partial charge in [0, 0.05) is 67.8 Å². The average Bonchev–Trinajstić information content (AvgIpc) is 3.38. The molecule has 1 saturated heterocycles. The van der Waals surface area contributed by atoms with Crippen molar-refractivity contribution in [3.8, 4) is 5.82 Å². The third kappa shape index (κ3) is 8.25. The van der Waals surface area contributed by atoms with Gasteiger partial charge in [-0.1, -0.05) is 18.2 Å². The highest BCUT2D eigenvalue weighted by Gasteiger charge is 2.38. The Morgan fingerprint density at radius 1 is 0.976 bits per heavy atom. The molecule has 0 saturated carbocycles. The molecule has 5 rings (SSSR count). The van der Waals surface area contributed by atoms with Crippen molar-refractivity contribution in [3.05, 3.63) is 78.6 Å². The van der Waals surface area contributed by atoms with Crippen molar-refractivity contribution in [3.63, 3.8) is 0 Å². The number of aromatic nitrogens is 3. The van der Waals surface area contributed by atoms with E-state index in [1.165, 1.54) is 0 Å². The van der Waals surface area contributed by atoms with Gasteiger partial charge in [0.15, 0.2) is 5.82 Å². The molecule has 0 aliphatic carbocycles. The topological polar surface area (TPSA) is 116 Å². The fourth-order valence-corrected chi connectivity index (χ4v) is 4.16. The van der Waals surface area contributed by atoms with Gasteiger partial charge >= 0.3 is 12.1 Å². The zero-order valence-electron chi connectivity index (χ0n) is 22.3. The predicted octanol–water partition coefficient (Wildman–Crippen LogP) is 3.77. The standard InChI is InChI=1S/C26H29N7O.C2HF3O2/c1-31-13-15-32(16-14-31)12-11-28-26(34)20-9-10-27-25(18-20)33-24-8-7-23(17-21(24)19-29-33)30-22-5-3-2-4-6-22;3-2(4,5)1(6)7/h2-10,17-19,30H,11-16H2,1H3,(H,28,34);(H,6,7). The fraction of sp³-hybridized carbons (Fsp3) is 0.286. The first-order chi connectivity index (χ1) is 19.6. The third-order valence-electron chi connectivity index (χ3n) is 6.41. The molecule has 216 valence electrons. The summed E-state index contributed by atoms with van der Waals surface area (Å²) >= 11 is 0. The summed E-state index contributed by atoms with van der Waals surface area (Å²) in [6, 6.07) is 19.7. The number of nitrogens with one attached hydrogen (secondary N) is 2. The smallest absolute Gasteiger partial charge is 0.475 e. The van der Waals surface area contributed by atoms with Crippen LogP contribution in [0.4, 0.5) is 24.5 Å². The number of amides is 1. The number of hydrogen-bond donors (Lipinski definition) is 3. The van der Waals surface area contributed by atoms with Crippen molar-refractivity contribution in [1.29, 1.82) is 0 Å². The maximum absolute atomic E-state index is 12.7. The van der Waals surface area contributed by atoms with Gasteiger partial charge in [0.25, 0.3) is 5.91 Å². The number of carboxylic acids is 1. The number of piperazine rings is 1. The molecule has 1 aliphatic rings. The summed E-state index contributed by atoms with van der Waals surface area (Å²) < 4.78 is 33.5. The maximum Gasteiger partial charge on any atom is 0.490 e. The summed E-state index contributed by atoms with van der Waals surface area (Å²) in [6.07, 6.45) is -1.61. The van der Waals surface area contributed by atoms with Crippen molar-refractivity contribution >= 4 is 34.2 Å². The molecule has 13 heteroatoms. The highest BCUT2D eigenvalue weighted by molar-refractivity contribution is 5.94. The number of nitrogens with zero attached hydrogens (tertiary/aromatic N) is 5. The van der Waals surface area contributed by atoms with Crippen LogP contribution in [0.2, 0.25) is 0 Å². The van der Waals surface area contributed by atoms with E-state index in [0.717, 1.165) is 55.0 Å². The van der Waals surface area contributed by atoms with Gasteiger partial charge in [-0.3, -0.25) is 9.69 Å². The lowest BCUT2D eigenvalue weighted by Crippen LogP contribution is -2.46.